The number of halogens is 4. The van der Waals surface area contributed by atoms with Gasteiger partial charge >= 0.3 is 0 Å². The summed E-state index contributed by atoms with van der Waals surface area (Å²) in [5, 5.41) is -0.290. The Bertz CT molecular complexity index is 352. The van der Waals surface area contributed by atoms with Crippen LogP contribution in [0.5, 0.6) is 0 Å². The Kier molecular flexibility index (Phi) is 3.05. The third-order valence-electron chi connectivity index (χ3n) is 1.21. The van der Waals surface area contributed by atoms with Crippen LogP contribution in [0.3, 0.4) is 0 Å². The van der Waals surface area contributed by atoms with Crippen molar-refractivity contribution in [2.75, 3.05) is 0 Å². The van der Waals surface area contributed by atoms with E-state index in [9.17, 15) is 13.6 Å². The lowest BCUT2D eigenvalue weighted by atomic mass is 10.3. The summed E-state index contributed by atoms with van der Waals surface area (Å²) >= 11 is 7.18. The Morgan fingerprint density at radius 1 is 1.58 bits per heavy atom. The molecule has 0 unspecified atom stereocenters. The van der Waals surface area contributed by atoms with Crippen LogP contribution in [0.25, 0.3) is 0 Å². The maximum absolute atomic E-state index is 12.1. The third-order valence-corrected chi connectivity index (χ3v) is 2.09. The van der Waals surface area contributed by atoms with Gasteiger partial charge in [-0.05, 0) is 22.6 Å². The van der Waals surface area contributed by atoms with Crippen molar-refractivity contribution in [3.05, 3.63) is 30.7 Å². The number of H-pyrrole nitrogens is 1. The molecule has 0 aliphatic carbocycles. The summed E-state index contributed by atoms with van der Waals surface area (Å²) in [6, 6.07) is 1.08. The first-order valence-corrected chi connectivity index (χ1v) is 4.34. The summed E-state index contributed by atoms with van der Waals surface area (Å²) in [6.07, 6.45) is -2.83. The van der Waals surface area contributed by atoms with Crippen LogP contribution in [-0.4, -0.2) is 4.98 Å². The van der Waals surface area contributed by atoms with E-state index in [-0.39, 0.29) is 5.15 Å². The molecule has 66 valence electrons. The van der Waals surface area contributed by atoms with Crippen LogP contribution in [0.1, 0.15) is 12.0 Å². The molecule has 0 aliphatic rings. The maximum Gasteiger partial charge on any atom is 0.270 e. The molecule has 0 bridgehead atoms. The van der Waals surface area contributed by atoms with Gasteiger partial charge < -0.3 is 4.98 Å². The standard InChI is InChI=1S/C6H3ClF2INO/c7-5-4(6(8)9)2(12)1-3(10)11-5/h1,6H,(H,11,12). The zero-order chi connectivity index (χ0) is 9.30. The quantitative estimate of drug-likeness (QED) is 0.628. The number of hydrogen-bond acceptors (Lipinski definition) is 1. The lowest BCUT2D eigenvalue weighted by Gasteiger charge is -2.01. The minimum Gasteiger partial charge on any atom is -0.340 e. The molecule has 6 heteroatoms. The molecule has 1 heterocycles. The highest BCUT2D eigenvalue weighted by Gasteiger charge is 2.16. The van der Waals surface area contributed by atoms with Crippen LogP contribution in [-0.2, 0) is 0 Å². The molecule has 0 aromatic carbocycles. The molecular weight excluding hydrogens is 302 g/mol. The largest absolute Gasteiger partial charge is 0.340 e. The number of hydrogen-bond donors (Lipinski definition) is 1. The molecule has 0 amide bonds. The van der Waals surface area contributed by atoms with Gasteiger partial charge in [0.2, 0.25) is 0 Å². The highest BCUT2D eigenvalue weighted by molar-refractivity contribution is 14.1. The van der Waals surface area contributed by atoms with Gasteiger partial charge in [0.25, 0.3) is 6.43 Å². The molecular formula is C6H3ClF2INO. The van der Waals surface area contributed by atoms with E-state index in [0.29, 0.717) is 3.70 Å². The Balaban J connectivity index is 3.39. The number of pyridine rings is 1. The molecule has 0 atom stereocenters. The van der Waals surface area contributed by atoms with Crippen molar-refractivity contribution >= 4 is 34.2 Å². The maximum atomic E-state index is 12.1. The van der Waals surface area contributed by atoms with Gasteiger partial charge in [-0.3, -0.25) is 4.79 Å². The fourth-order valence-electron chi connectivity index (χ4n) is 0.713. The molecule has 1 aromatic rings. The van der Waals surface area contributed by atoms with Gasteiger partial charge in [-0.25, -0.2) is 8.78 Å². The predicted octanol–water partition coefficient (Wildman–Crippen LogP) is 2.57. The first-order chi connectivity index (χ1) is 5.52. The van der Waals surface area contributed by atoms with E-state index >= 15 is 0 Å². The summed E-state index contributed by atoms with van der Waals surface area (Å²) < 4.78 is 24.7. The van der Waals surface area contributed by atoms with E-state index in [2.05, 4.69) is 4.98 Å². The second-order valence-electron chi connectivity index (χ2n) is 2.01. The smallest absolute Gasteiger partial charge is 0.270 e. The molecule has 1 aromatic heterocycles. The number of aromatic amines is 1. The summed E-state index contributed by atoms with van der Waals surface area (Å²) in [7, 11) is 0. The Hall–Kier alpha value is -0.170. The number of aromatic nitrogens is 1. The van der Waals surface area contributed by atoms with Crippen molar-refractivity contribution in [2.24, 2.45) is 0 Å². The number of rotatable bonds is 1. The summed E-state index contributed by atoms with van der Waals surface area (Å²) in [6.45, 7) is 0. The van der Waals surface area contributed by atoms with Crippen molar-refractivity contribution in [3.63, 3.8) is 0 Å². The highest BCUT2D eigenvalue weighted by atomic mass is 127. The van der Waals surface area contributed by atoms with Crippen molar-refractivity contribution in [2.45, 2.75) is 6.43 Å². The second-order valence-corrected chi connectivity index (χ2v) is 3.55. The topological polar surface area (TPSA) is 32.9 Å². The normalized spacial score (nSPS) is 10.8. The Labute approximate surface area is 85.1 Å². The van der Waals surface area contributed by atoms with Crippen LogP contribution >= 0.6 is 34.2 Å². The molecule has 2 nitrogen and oxygen atoms in total. The SMILES string of the molecule is O=c1cc(I)[nH]c(Cl)c1C(F)F. The number of alkyl halides is 2. The van der Waals surface area contributed by atoms with E-state index in [4.69, 9.17) is 11.6 Å². The molecule has 1 rings (SSSR count). The van der Waals surface area contributed by atoms with Gasteiger partial charge in [0.05, 0.1) is 3.70 Å². The van der Waals surface area contributed by atoms with Gasteiger partial charge in [-0.1, -0.05) is 11.6 Å². The molecule has 0 spiro atoms. The minimum atomic E-state index is -2.83. The predicted molar refractivity (Wildman–Crippen MR) is 49.7 cm³/mol. The molecule has 1 N–H and O–H groups in total. The average molecular weight is 305 g/mol. The van der Waals surface area contributed by atoms with Crippen molar-refractivity contribution < 1.29 is 8.78 Å². The monoisotopic (exact) mass is 305 g/mol. The summed E-state index contributed by atoms with van der Waals surface area (Å²) in [4.78, 5) is 13.3. The van der Waals surface area contributed by atoms with E-state index < -0.39 is 17.4 Å². The fraction of sp³-hybridized carbons (Fsp3) is 0.167. The average Bonchev–Trinajstić information content (AvgIpc) is 1.82. The summed E-state index contributed by atoms with van der Waals surface area (Å²) in [5.41, 5.74) is -1.41. The molecule has 0 radical (unpaired) electrons. The fourth-order valence-corrected chi connectivity index (χ4v) is 1.70. The van der Waals surface area contributed by atoms with Crippen molar-refractivity contribution in [1.82, 2.24) is 4.98 Å². The first kappa shape index (κ1) is 9.91. The molecule has 0 fully saturated rings. The van der Waals surface area contributed by atoms with Gasteiger partial charge in [0.1, 0.15) is 10.7 Å². The Morgan fingerprint density at radius 3 is 2.58 bits per heavy atom. The number of nitrogens with one attached hydrogen (secondary N) is 1. The Morgan fingerprint density at radius 2 is 2.17 bits per heavy atom. The van der Waals surface area contributed by atoms with E-state index in [1.54, 1.807) is 22.6 Å². The zero-order valence-electron chi connectivity index (χ0n) is 5.57. The molecule has 0 saturated carbocycles. The highest BCUT2D eigenvalue weighted by Crippen LogP contribution is 2.21. The zero-order valence-corrected chi connectivity index (χ0v) is 8.49. The first-order valence-electron chi connectivity index (χ1n) is 2.88. The second kappa shape index (κ2) is 3.69. The van der Waals surface area contributed by atoms with Crippen LogP contribution < -0.4 is 5.43 Å². The van der Waals surface area contributed by atoms with Crippen LogP contribution in [0.2, 0.25) is 5.15 Å². The molecule has 12 heavy (non-hydrogen) atoms. The lowest BCUT2D eigenvalue weighted by Crippen LogP contribution is -2.11. The van der Waals surface area contributed by atoms with Crippen molar-refractivity contribution in [1.29, 1.82) is 0 Å². The van der Waals surface area contributed by atoms with Crippen LogP contribution in [0.4, 0.5) is 8.78 Å². The van der Waals surface area contributed by atoms with Gasteiger partial charge in [-0.2, -0.15) is 0 Å². The molecule has 0 aliphatic heterocycles. The third kappa shape index (κ3) is 1.95. The van der Waals surface area contributed by atoms with E-state index in [1.807, 2.05) is 0 Å². The van der Waals surface area contributed by atoms with Gasteiger partial charge in [-0.15, -0.1) is 0 Å². The van der Waals surface area contributed by atoms with E-state index in [1.165, 1.54) is 0 Å². The van der Waals surface area contributed by atoms with Gasteiger partial charge in [0.15, 0.2) is 5.43 Å². The summed E-state index contributed by atoms with van der Waals surface area (Å²) in [5.74, 6) is 0. The van der Waals surface area contributed by atoms with Gasteiger partial charge in [0, 0.05) is 6.07 Å². The van der Waals surface area contributed by atoms with E-state index in [0.717, 1.165) is 6.07 Å². The van der Waals surface area contributed by atoms with Crippen LogP contribution in [0, 0.1) is 3.70 Å². The minimum absolute atomic E-state index is 0.290. The lowest BCUT2D eigenvalue weighted by molar-refractivity contribution is 0.150. The van der Waals surface area contributed by atoms with Crippen LogP contribution in [0.15, 0.2) is 10.9 Å². The molecule has 0 saturated heterocycles. The van der Waals surface area contributed by atoms with Crippen molar-refractivity contribution in [3.8, 4) is 0 Å².